The molecule has 2 aromatic rings. The van der Waals surface area contributed by atoms with Crippen molar-refractivity contribution in [3.05, 3.63) is 53.5 Å². The molecule has 88 valence electrons. The molecule has 17 heavy (non-hydrogen) atoms. The van der Waals surface area contributed by atoms with Crippen LogP contribution in [0.25, 0.3) is 0 Å². The molecule has 0 amide bonds. The third-order valence-electron chi connectivity index (χ3n) is 2.32. The summed E-state index contributed by atoms with van der Waals surface area (Å²) in [6.45, 7) is 1.70. The molecule has 1 aromatic carbocycles. The number of benzene rings is 1. The van der Waals surface area contributed by atoms with Crippen molar-refractivity contribution in [2.45, 2.75) is 12.8 Å². The molecule has 0 aliphatic carbocycles. The molecule has 4 heteroatoms. The predicted octanol–water partition coefficient (Wildman–Crippen LogP) is 4.06. The van der Waals surface area contributed by atoms with E-state index in [-0.39, 0.29) is 5.82 Å². The number of aryl methyl sites for hydroxylation is 1. The Labute approximate surface area is 104 Å². The molecule has 1 aromatic heterocycles. The van der Waals surface area contributed by atoms with Gasteiger partial charge in [0, 0.05) is 24.2 Å². The van der Waals surface area contributed by atoms with Crippen molar-refractivity contribution in [3.8, 4) is 11.6 Å². The maximum Gasteiger partial charge on any atom is 0.219 e. The monoisotopic (exact) mass is 251 g/mol. The zero-order valence-corrected chi connectivity index (χ0v) is 10.0. The van der Waals surface area contributed by atoms with Gasteiger partial charge in [0.2, 0.25) is 5.88 Å². The lowest BCUT2D eigenvalue weighted by Gasteiger charge is -2.05. The zero-order chi connectivity index (χ0) is 12.3. The second-order valence-electron chi connectivity index (χ2n) is 3.65. The van der Waals surface area contributed by atoms with Gasteiger partial charge in [-0.2, -0.15) is 0 Å². The van der Waals surface area contributed by atoms with E-state index in [1.165, 1.54) is 6.07 Å². The van der Waals surface area contributed by atoms with Gasteiger partial charge in [0.15, 0.2) is 0 Å². The van der Waals surface area contributed by atoms with Crippen LogP contribution in [0.4, 0.5) is 4.39 Å². The van der Waals surface area contributed by atoms with E-state index < -0.39 is 0 Å². The highest BCUT2D eigenvalue weighted by Crippen LogP contribution is 2.21. The fourth-order valence-electron chi connectivity index (χ4n) is 1.31. The highest BCUT2D eigenvalue weighted by Gasteiger charge is 2.02. The summed E-state index contributed by atoms with van der Waals surface area (Å²) in [6, 6.07) is 8.23. The van der Waals surface area contributed by atoms with Gasteiger partial charge in [-0.15, -0.1) is 11.6 Å². The number of nitrogens with zero attached hydrogens (tertiary/aromatic N) is 1. The van der Waals surface area contributed by atoms with E-state index in [0.717, 1.165) is 5.56 Å². The summed E-state index contributed by atoms with van der Waals surface area (Å²) in [4.78, 5) is 4.07. The van der Waals surface area contributed by atoms with Crippen molar-refractivity contribution < 1.29 is 9.13 Å². The Morgan fingerprint density at radius 1 is 1.29 bits per heavy atom. The molecule has 2 rings (SSSR count). The van der Waals surface area contributed by atoms with Crippen molar-refractivity contribution >= 4 is 11.6 Å². The van der Waals surface area contributed by atoms with Crippen molar-refractivity contribution in [2.24, 2.45) is 0 Å². The Morgan fingerprint density at radius 3 is 2.71 bits per heavy atom. The molecule has 0 radical (unpaired) electrons. The van der Waals surface area contributed by atoms with E-state index in [1.807, 2.05) is 6.07 Å². The van der Waals surface area contributed by atoms with E-state index in [4.69, 9.17) is 16.3 Å². The van der Waals surface area contributed by atoms with Gasteiger partial charge < -0.3 is 4.74 Å². The van der Waals surface area contributed by atoms with Crippen LogP contribution in [0.5, 0.6) is 11.6 Å². The minimum atomic E-state index is -0.292. The molecule has 2 nitrogen and oxygen atoms in total. The Balaban J connectivity index is 2.16. The van der Waals surface area contributed by atoms with Crippen LogP contribution in [-0.2, 0) is 5.88 Å². The van der Waals surface area contributed by atoms with E-state index in [9.17, 15) is 4.39 Å². The van der Waals surface area contributed by atoms with Gasteiger partial charge in [-0.3, -0.25) is 0 Å². The number of ether oxygens (including phenoxy) is 1. The van der Waals surface area contributed by atoms with Crippen LogP contribution in [0.15, 0.2) is 36.5 Å². The molecule has 0 aliphatic heterocycles. The van der Waals surface area contributed by atoms with Crippen molar-refractivity contribution in [2.75, 3.05) is 0 Å². The molecule has 0 N–H and O–H groups in total. The van der Waals surface area contributed by atoms with Gasteiger partial charge in [0.25, 0.3) is 0 Å². The summed E-state index contributed by atoms with van der Waals surface area (Å²) >= 11 is 5.65. The summed E-state index contributed by atoms with van der Waals surface area (Å²) in [6.07, 6.45) is 1.63. The molecule has 0 aliphatic rings. The first-order valence-corrected chi connectivity index (χ1v) is 5.67. The molecule has 0 bridgehead atoms. The van der Waals surface area contributed by atoms with Crippen molar-refractivity contribution in [1.29, 1.82) is 0 Å². The number of alkyl halides is 1. The predicted molar refractivity (Wildman–Crippen MR) is 65.0 cm³/mol. The lowest BCUT2D eigenvalue weighted by Crippen LogP contribution is -1.90. The Hall–Kier alpha value is -1.61. The van der Waals surface area contributed by atoms with Crippen molar-refractivity contribution in [3.63, 3.8) is 0 Å². The van der Waals surface area contributed by atoms with Gasteiger partial charge >= 0.3 is 0 Å². The van der Waals surface area contributed by atoms with E-state index in [0.29, 0.717) is 23.1 Å². The fourth-order valence-corrected chi connectivity index (χ4v) is 1.47. The van der Waals surface area contributed by atoms with Crippen LogP contribution < -0.4 is 4.74 Å². The number of hydrogen-bond donors (Lipinski definition) is 0. The topological polar surface area (TPSA) is 22.1 Å². The van der Waals surface area contributed by atoms with Crippen LogP contribution in [-0.4, -0.2) is 4.98 Å². The molecular weight excluding hydrogens is 241 g/mol. The van der Waals surface area contributed by atoms with Gasteiger partial charge in [-0.05, 0) is 24.1 Å². The number of rotatable bonds is 3. The van der Waals surface area contributed by atoms with Crippen molar-refractivity contribution in [1.82, 2.24) is 4.98 Å². The molecule has 0 saturated heterocycles. The first-order chi connectivity index (χ1) is 8.19. The number of pyridine rings is 1. The second kappa shape index (κ2) is 5.15. The average molecular weight is 252 g/mol. The second-order valence-corrected chi connectivity index (χ2v) is 3.92. The SMILES string of the molecule is Cc1ccc(Oc2ccc(CCl)cn2)cc1F. The van der Waals surface area contributed by atoms with E-state index in [2.05, 4.69) is 4.98 Å². The summed E-state index contributed by atoms with van der Waals surface area (Å²) in [5.74, 6) is 0.966. The standard InChI is InChI=1S/C13H11ClFNO/c1-9-2-4-11(6-12(9)15)17-13-5-3-10(7-14)8-16-13/h2-6,8H,7H2,1H3. The Kier molecular flexibility index (Phi) is 3.59. The number of hydrogen-bond acceptors (Lipinski definition) is 2. The van der Waals surface area contributed by atoms with Crippen LogP contribution in [0.2, 0.25) is 0 Å². The third kappa shape index (κ3) is 2.94. The Morgan fingerprint density at radius 2 is 2.12 bits per heavy atom. The maximum atomic E-state index is 13.3. The quantitative estimate of drug-likeness (QED) is 0.768. The largest absolute Gasteiger partial charge is 0.439 e. The molecule has 1 heterocycles. The van der Waals surface area contributed by atoms with E-state index in [1.54, 1.807) is 31.3 Å². The molecule has 0 saturated carbocycles. The average Bonchev–Trinajstić information content (AvgIpc) is 2.35. The zero-order valence-electron chi connectivity index (χ0n) is 9.28. The summed E-state index contributed by atoms with van der Waals surface area (Å²) < 4.78 is 18.7. The first-order valence-electron chi connectivity index (χ1n) is 5.14. The fraction of sp³-hybridized carbons (Fsp3) is 0.154. The highest BCUT2D eigenvalue weighted by atomic mass is 35.5. The normalized spacial score (nSPS) is 10.3. The number of halogens is 2. The van der Waals surface area contributed by atoms with Gasteiger partial charge in [0.1, 0.15) is 11.6 Å². The molecule has 0 unspecified atom stereocenters. The van der Waals surface area contributed by atoms with E-state index >= 15 is 0 Å². The third-order valence-corrected chi connectivity index (χ3v) is 2.63. The van der Waals surface area contributed by atoms with Crippen LogP contribution >= 0.6 is 11.6 Å². The van der Waals surface area contributed by atoms with Gasteiger partial charge in [0.05, 0.1) is 0 Å². The minimum Gasteiger partial charge on any atom is -0.439 e. The lowest BCUT2D eigenvalue weighted by atomic mass is 10.2. The molecule has 0 fully saturated rings. The lowest BCUT2D eigenvalue weighted by molar-refractivity contribution is 0.457. The summed E-state index contributed by atoms with van der Waals surface area (Å²) in [5.41, 5.74) is 1.50. The summed E-state index contributed by atoms with van der Waals surface area (Å²) in [5, 5.41) is 0. The Bertz CT molecular complexity index is 513. The van der Waals surface area contributed by atoms with Crippen LogP contribution in [0, 0.1) is 12.7 Å². The van der Waals surface area contributed by atoms with Gasteiger partial charge in [-0.25, -0.2) is 9.37 Å². The minimum absolute atomic E-state index is 0.292. The van der Waals surface area contributed by atoms with Crippen LogP contribution in [0.1, 0.15) is 11.1 Å². The maximum absolute atomic E-state index is 13.3. The highest BCUT2D eigenvalue weighted by molar-refractivity contribution is 6.17. The first kappa shape index (κ1) is 11.9. The van der Waals surface area contributed by atoms with Gasteiger partial charge in [-0.1, -0.05) is 12.1 Å². The molecule has 0 spiro atoms. The smallest absolute Gasteiger partial charge is 0.219 e. The molecule has 0 atom stereocenters. The summed E-state index contributed by atoms with van der Waals surface area (Å²) in [7, 11) is 0. The number of aromatic nitrogens is 1. The molecular formula is C13H11ClFNO. The van der Waals surface area contributed by atoms with Crippen LogP contribution in [0.3, 0.4) is 0 Å².